The van der Waals surface area contributed by atoms with Crippen molar-refractivity contribution in [3.05, 3.63) is 0 Å². The average Bonchev–Trinajstić information content (AvgIpc) is 2.92. The molecular weight excluding hydrogens is 274 g/mol. The highest BCUT2D eigenvalue weighted by Crippen LogP contribution is 2.30. The van der Waals surface area contributed by atoms with E-state index in [2.05, 4.69) is 18.7 Å². The number of hydrogen-bond donors (Lipinski definition) is 0. The van der Waals surface area contributed by atoms with Crippen LogP contribution in [0.4, 0.5) is 0 Å². The number of carbonyl (C=O) groups is 2. The molecule has 0 N–H and O–H groups in total. The van der Waals surface area contributed by atoms with Crippen molar-refractivity contribution in [3.63, 3.8) is 0 Å². The maximum atomic E-state index is 12.6. The van der Waals surface area contributed by atoms with Crippen LogP contribution in [0.25, 0.3) is 0 Å². The zero-order chi connectivity index (χ0) is 14.3. The van der Waals surface area contributed by atoms with E-state index in [1.165, 1.54) is 0 Å². The van der Waals surface area contributed by atoms with Gasteiger partial charge in [-0.3, -0.25) is 14.5 Å². The van der Waals surface area contributed by atoms with Gasteiger partial charge in [-0.05, 0) is 18.9 Å². The minimum Gasteiger partial charge on any atom is -0.326 e. The van der Waals surface area contributed by atoms with E-state index in [9.17, 15) is 9.59 Å². The van der Waals surface area contributed by atoms with Crippen LogP contribution in [0.1, 0.15) is 20.3 Å². The predicted octanol–water partition coefficient (Wildman–Crippen LogP) is 0.460. The summed E-state index contributed by atoms with van der Waals surface area (Å²) in [5, 5.41) is 0. The fourth-order valence-electron chi connectivity index (χ4n) is 3.21. The van der Waals surface area contributed by atoms with E-state index in [0.717, 1.165) is 25.3 Å². The van der Waals surface area contributed by atoms with E-state index in [1.54, 1.807) is 16.7 Å². The van der Waals surface area contributed by atoms with Crippen LogP contribution in [0.2, 0.25) is 0 Å². The summed E-state index contributed by atoms with van der Waals surface area (Å²) in [5.41, 5.74) is 0. The van der Waals surface area contributed by atoms with Crippen LogP contribution < -0.4 is 0 Å². The molecule has 112 valence electrons. The number of rotatable bonds is 3. The smallest absolute Gasteiger partial charge is 0.248 e. The Morgan fingerprint density at radius 2 is 1.90 bits per heavy atom. The highest BCUT2D eigenvalue weighted by molar-refractivity contribution is 7.99. The van der Waals surface area contributed by atoms with Crippen LogP contribution in [0.3, 0.4) is 0 Å². The van der Waals surface area contributed by atoms with Gasteiger partial charge in [-0.25, -0.2) is 0 Å². The number of amides is 2. The van der Waals surface area contributed by atoms with Gasteiger partial charge in [0.2, 0.25) is 11.8 Å². The van der Waals surface area contributed by atoms with Gasteiger partial charge in [0.15, 0.2) is 0 Å². The third-order valence-corrected chi connectivity index (χ3v) is 5.52. The van der Waals surface area contributed by atoms with Crippen LogP contribution in [-0.2, 0) is 9.59 Å². The second kappa shape index (κ2) is 5.56. The molecular formula is C14H23N3O2S. The van der Waals surface area contributed by atoms with Crippen LogP contribution >= 0.6 is 11.8 Å². The van der Waals surface area contributed by atoms with Gasteiger partial charge in [0, 0.05) is 25.4 Å². The fourth-order valence-corrected chi connectivity index (χ4v) is 4.36. The molecule has 0 saturated carbocycles. The summed E-state index contributed by atoms with van der Waals surface area (Å²) in [7, 11) is 0. The van der Waals surface area contributed by atoms with Gasteiger partial charge in [-0.15, -0.1) is 11.8 Å². The molecule has 5 nitrogen and oxygen atoms in total. The zero-order valence-electron chi connectivity index (χ0n) is 12.2. The van der Waals surface area contributed by atoms with E-state index in [-0.39, 0.29) is 23.9 Å². The van der Waals surface area contributed by atoms with Crippen LogP contribution in [0, 0.1) is 5.92 Å². The van der Waals surface area contributed by atoms with Crippen molar-refractivity contribution in [3.8, 4) is 0 Å². The number of carbonyl (C=O) groups excluding carboxylic acids is 2. The second-order valence-corrected chi connectivity index (χ2v) is 7.35. The molecule has 20 heavy (non-hydrogen) atoms. The van der Waals surface area contributed by atoms with E-state index in [4.69, 9.17) is 0 Å². The Morgan fingerprint density at radius 3 is 2.65 bits per heavy atom. The van der Waals surface area contributed by atoms with Gasteiger partial charge >= 0.3 is 0 Å². The van der Waals surface area contributed by atoms with Gasteiger partial charge < -0.3 is 9.80 Å². The molecule has 0 aromatic rings. The van der Waals surface area contributed by atoms with Crippen molar-refractivity contribution in [2.75, 3.05) is 37.8 Å². The highest BCUT2D eigenvalue weighted by Gasteiger charge is 2.49. The third-order valence-electron chi connectivity index (χ3n) is 4.51. The molecule has 0 aromatic heterocycles. The summed E-state index contributed by atoms with van der Waals surface area (Å²) in [6, 6.07) is -0.427. The molecule has 6 heteroatoms. The molecule has 3 saturated heterocycles. The first kappa shape index (κ1) is 14.2. The van der Waals surface area contributed by atoms with Gasteiger partial charge in [0.05, 0.1) is 5.88 Å². The van der Waals surface area contributed by atoms with Gasteiger partial charge in [0.25, 0.3) is 0 Å². The molecule has 0 radical (unpaired) electrons. The molecule has 0 bridgehead atoms. The maximum absolute atomic E-state index is 12.6. The lowest BCUT2D eigenvalue weighted by Gasteiger charge is -2.47. The first-order valence-corrected chi connectivity index (χ1v) is 8.64. The molecule has 0 aromatic carbocycles. The molecule has 2 atom stereocenters. The zero-order valence-corrected chi connectivity index (χ0v) is 13.1. The molecule has 3 aliphatic heterocycles. The molecule has 0 spiro atoms. The van der Waals surface area contributed by atoms with E-state index < -0.39 is 0 Å². The number of piperazine rings is 2. The van der Waals surface area contributed by atoms with E-state index >= 15 is 0 Å². The molecule has 0 unspecified atom stereocenters. The van der Waals surface area contributed by atoms with Crippen LogP contribution in [0.15, 0.2) is 0 Å². The quantitative estimate of drug-likeness (QED) is 0.759. The van der Waals surface area contributed by atoms with Crippen LogP contribution in [0.5, 0.6) is 0 Å². The minimum atomic E-state index is -0.238. The standard InChI is InChI=1S/C14H23N3O2S/c1-10(2)3-4-15-5-6-16-11(7-15)13(18)17-9-20-8-12(17)14(16)19/h10-12H,3-9H2,1-2H3/t11-,12+/m1/s1. The van der Waals surface area contributed by atoms with Crippen molar-refractivity contribution in [2.24, 2.45) is 5.92 Å². The second-order valence-electron chi connectivity index (χ2n) is 6.35. The Morgan fingerprint density at radius 1 is 1.15 bits per heavy atom. The Bertz CT molecular complexity index is 415. The van der Waals surface area contributed by atoms with Crippen molar-refractivity contribution in [1.29, 1.82) is 0 Å². The van der Waals surface area contributed by atoms with Crippen molar-refractivity contribution in [2.45, 2.75) is 32.4 Å². The lowest BCUT2D eigenvalue weighted by atomic mass is 10.0. The van der Waals surface area contributed by atoms with E-state index in [0.29, 0.717) is 24.9 Å². The molecule has 3 fully saturated rings. The molecule has 3 heterocycles. The van der Waals surface area contributed by atoms with Gasteiger partial charge in [-0.2, -0.15) is 0 Å². The third kappa shape index (κ3) is 2.44. The number of fused-ring (bicyclic) bond motifs is 2. The van der Waals surface area contributed by atoms with Gasteiger partial charge in [0.1, 0.15) is 12.1 Å². The highest BCUT2D eigenvalue weighted by atomic mass is 32.2. The Kier molecular flexibility index (Phi) is 3.95. The molecule has 3 aliphatic rings. The molecule has 0 aliphatic carbocycles. The summed E-state index contributed by atoms with van der Waals surface area (Å²) >= 11 is 1.69. The Balaban J connectivity index is 1.69. The summed E-state index contributed by atoms with van der Waals surface area (Å²) in [6.45, 7) is 7.80. The van der Waals surface area contributed by atoms with Crippen molar-refractivity contribution in [1.82, 2.24) is 14.7 Å². The molecule has 2 amide bonds. The molecule has 3 rings (SSSR count). The summed E-state index contributed by atoms with van der Waals surface area (Å²) in [5.74, 6) is 2.46. The average molecular weight is 297 g/mol. The normalized spacial score (nSPS) is 30.9. The number of nitrogens with zero attached hydrogens (tertiary/aromatic N) is 3. The fraction of sp³-hybridized carbons (Fsp3) is 0.857. The van der Waals surface area contributed by atoms with Crippen LogP contribution in [-0.4, -0.2) is 76.4 Å². The van der Waals surface area contributed by atoms with Gasteiger partial charge in [-0.1, -0.05) is 13.8 Å². The topological polar surface area (TPSA) is 43.9 Å². The lowest BCUT2D eigenvalue weighted by molar-refractivity contribution is -0.162. The first-order chi connectivity index (χ1) is 9.58. The van der Waals surface area contributed by atoms with E-state index in [1.807, 2.05) is 4.90 Å². The minimum absolute atomic E-state index is 0.161. The summed E-state index contributed by atoms with van der Waals surface area (Å²) in [4.78, 5) is 31.0. The maximum Gasteiger partial charge on any atom is 0.248 e. The monoisotopic (exact) mass is 297 g/mol. The number of thioether (sulfide) groups is 1. The van der Waals surface area contributed by atoms with Crippen molar-refractivity contribution < 1.29 is 9.59 Å². The Labute approximate surface area is 124 Å². The first-order valence-electron chi connectivity index (χ1n) is 7.49. The SMILES string of the molecule is CC(C)CCN1CCN2C(=O)[C@@H]3CSCN3C(=O)[C@H]2C1. The predicted molar refractivity (Wildman–Crippen MR) is 79.4 cm³/mol. The largest absolute Gasteiger partial charge is 0.326 e. The Hall–Kier alpha value is -0.750. The summed E-state index contributed by atoms with van der Waals surface area (Å²) < 4.78 is 0. The summed E-state index contributed by atoms with van der Waals surface area (Å²) in [6.07, 6.45) is 1.15. The van der Waals surface area contributed by atoms with Crippen molar-refractivity contribution >= 4 is 23.6 Å². The number of hydrogen-bond acceptors (Lipinski definition) is 4. The lowest BCUT2D eigenvalue weighted by Crippen LogP contribution is -2.69.